The van der Waals surface area contributed by atoms with Crippen molar-refractivity contribution in [2.45, 2.75) is 11.5 Å². The lowest BCUT2D eigenvalue weighted by atomic mass is 10.2. The van der Waals surface area contributed by atoms with Crippen molar-refractivity contribution in [3.05, 3.63) is 28.1 Å². The van der Waals surface area contributed by atoms with E-state index in [0.29, 0.717) is 0 Å². The van der Waals surface area contributed by atoms with E-state index in [1.807, 2.05) is 17.7 Å². The molecule has 0 aliphatic carbocycles. The minimum Gasteiger partial charge on any atom is -0.392 e. The van der Waals surface area contributed by atoms with Crippen LogP contribution in [0.2, 0.25) is 5.02 Å². The number of thioether (sulfide) groups is 1. The number of benzene rings is 1. The van der Waals surface area contributed by atoms with E-state index in [1.165, 1.54) is 4.70 Å². The minimum absolute atomic E-state index is 0.0677. The summed E-state index contributed by atoms with van der Waals surface area (Å²) < 4.78 is 1.18. The molecule has 0 fully saturated rings. The van der Waals surface area contributed by atoms with E-state index >= 15 is 0 Å². The fourth-order valence-electron chi connectivity index (χ4n) is 1.38. The summed E-state index contributed by atoms with van der Waals surface area (Å²) in [6.07, 6.45) is 2.01. The van der Waals surface area contributed by atoms with E-state index in [2.05, 4.69) is 6.07 Å². The summed E-state index contributed by atoms with van der Waals surface area (Å²) in [6.45, 7) is 0.0677. The summed E-state index contributed by atoms with van der Waals surface area (Å²) >= 11 is 9.30. The molecule has 0 saturated heterocycles. The Balaban J connectivity index is 2.71. The Morgan fingerprint density at radius 1 is 1.50 bits per heavy atom. The number of aliphatic hydroxyl groups is 1. The van der Waals surface area contributed by atoms with Crippen molar-refractivity contribution in [1.29, 1.82) is 0 Å². The molecular weight excluding hydrogens is 236 g/mol. The maximum Gasteiger partial charge on any atom is 0.0692 e. The zero-order chi connectivity index (χ0) is 10.1. The second kappa shape index (κ2) is 4.11. The standard InChI is InChI=1S/C10H9ClOS2/c1-13-9-3-10-7(2-6(9)4-12)8(11)5-14-10/h2-3,5,12H,4H2,1H3. The summed E-state index contributed by atoms with van der Waals surface area (Å²) in [5.41, 5.74) is 0.949. The van der Waals surface area contributed by atoms with Gasteiger partial charge < -0.3 is 5.11 Å². The highest BCUT2D eigenvalue weighted by atomic mass is 35.5. The molecule has 2 aromatic rings. The van der Waals surface area contributed by atoms with Gasteiger partial charge in [0, 0.05) is 20.4 Å². The number of fused-ring (bicyclic) bond motifs is 1. The van der Waals surface area contributed by atoms with Gasteiger partial charge in [0.1, 0.15) is 0 Å². The number of hydrogen-bond acceptors (Lipinski definition) is 3. The number of thiophene rings is 1. The highest BCUT2D eigenvalue weighted by Gasteiger charge is 2.07. The minimum atomic E-state index is 0.0677. The molecule has 2 rings (SSSR count). The van der Waals surface area contributed by atoms with Crippen LogP contribution in [0.5, 0.6) is 0 Å². The van der Waals surface area contributed by atoms with Crippen molar-refractivity contribution in [2.24, 2.45) is 0 Å². The number of hydrogen-bond donors (Lipinski definition) is 1. The predicted octanol–water partition coefficient (Wildman–Crippen LogP) is 3.77. The van der Waals surface area contributed by atoms with Gasteiger partial charge in [0.2, 0.25) is 0 Å². The molecule has 74 valence electrons. The molecule has 0 radical (unpaired) electrons. The number of aliphatic hydroxyl groups excluding tert-OH is 1. The van der Waals surface area contributed by atoms with Gasteiger partial charge in [0.25, 0.3) is 0 Å². The maximum absolute atomic E-state index is 9.18. The van der Waals surface area contributed by atoms with Gasteiger partial charge in [0.05, 0.1) is 11.6 Å². The van der Waals surface area contributed by atoms with Crippen LogP contribution >= 0.6 is 34.7 Å². The molecule has 0 amide bonds. The molecule has 0 atom stereocenters. The Kier molecular flexibility index (Phi) is 3.02. The van der Waals surface area contributed by atoms with Gasteiger partial charge >= 0.3 is 0 Å². The highest BCUT2D eigenvalue weighted by molar-refractivity contribution is 7.98. The molecule has 0 bridgehead atoms. The molecule has 1 heterocycles. The third-order valence-electron chi connectivity index (χ3n) is 2.10. The van der Waals surface area contributed by atoms with Crippen molar-refractivity contribution >= 4 is 44.8 Å². The van der Waals surface area contributed by atoms with Crippen LogP contribution in [0.25, 0.3) is 10.1 Å². The molecule has 14 heavy (non-hydrogen) atoms. The van der Waals surface area contributed by atoms with Crippen LogP contribution in [-0.4, -0.2) is 11.4 Å². The second-order valence-corrected chi connectivity index (χ2v) is 5.07. The van der Waals surface area contributed by atoms with E-state index in [4.69, 9.17) is 11.6 Å². The molecular formula is C10H9ClOS2. The Morgan fingerprint density at radius 2 is 2.29 bits per heavy atom. The Labute approximate surface area is 95.7 Å². The van der Waals surface area contributed by atoms with Gasteiger partial charge in [-0.2, -0.15) is 0 Å². The SMILES string of the molecule is CSc1cc2scc(Cl)c2cc1CO. The van der Waals surface area contributed by atoms with Crippen molar-refractivity contribution in [2.75, 3.05) is 6.26 Å². The lowest BCUT2D eigenvalue weighted by molar-refractivity contribution is 0.279. The molecule has 1 nitrogen and oxygen atoms in total. The van der Waals surface area contributed by atoms with Crippen LogP contribution in [0.15, 0.2) is 22.4 Å². The smallest absolute Gasteiger partial charge is 0.0692 e. The van der Waals surface area contributed by atoms with Gasteiger partial charge in [-0.3, -0.25) is 0 Å². The summed E-state index contributed by atoms with van der Waals surface area (Å²) in [5.74, 6) is 0. The Morgan fingerprint density at radius 3 is 2.93 bits per heavy atom. The lowest BCUT2D eigenvalue weighted by Gasteiger charge is -2.04. The Bertz CT molecular complexity index is 464. The zero-order valence-electron chi connectivity index (χ0n) is 7.58. The maximum atomic E-state index is 9.18. The average Bonchev–Trinajstić information content (AvgIpc) is 2.58. The predicted molar refractivity (Wildman–Crippen MR) is 64.5 cm³/mol. The first-order chi connectivity index (χ1) is 6.76. The molecule has 1 aromatic carbocycles. The summed E-state index contributed by atoms with van der Waals surface area (Å²) in [5, 5.41) is 12.9. The molecule has 0 aliphatic heterocycles. The monoisotopic (exact) mass is 244 g/mol. The highest BCUT2D eigenvalue weighted by Crippen LogP contribution is 2.34. The molecule has 0 spiro atoms. The van der Waals surface area contributed by atoms with Crippen LogP contribution in [0.3, 0.4) is 0 Å². The van der Waals surface area contributed by atoms with Gasteiger partial charge in [-0.05, 0) is 24.0 Å². The Hall–Kier alpha value is -0.220. The molecule has 0 saturated carbocycles. The lowest BCUT2D eigenvalue weighted by Crippen LogP contribution is -1.86. The quantitative estimate of drug-likeness (QED) is 0.812. The van der Waals surface area contributed by atoms with Gasteiger partial charge in [0.15, 0.2) is 0 Å². The molecule has 1 aromatic heterocycles. The van der Waals surface area contributed by atoms with Gasteiger partial charge in [-0.25, -0.2) is 0 Å². The van der Waals surface area contributed by atoms with Crippen molar-refractivity contribution in [3.63, 3.8) is 0 Å². The first kappa shape index (κ1) is 10.3. The van der Waals surface area contributed by atoms with E-state index in [-0.39, 0.29) is 6.61 Å². The molecule has 0 unspecified atom stereocenters. The van der Waals surface area contributed by atoms with E-state index in [1.54, 1.807) is 23.1 Å². The first-order valence-corrected chi connectivity index (χ1v) is 6.59. The van der Waals surface area contributed by atoms with Gasteiger partial charge in [-0.15, -0.1) is 23.1 Å². The fourth-order valence-corrected chi connectivity index (χ4v) is 3.26. The normalized spacial score (nSPS) is 11.1. The third kappa shape index (κ3) is 1.65. The van der Waals surface area contributed by atoms with Crippen molar-refractivity contribution < 1.29 is 5.11 Å². The van der Waals surface area contributed by atoms with Crippen LogP contribution < -0.4 is 0 Å². The third-order valence-corrected chi connectivity index (χ3v) is 4.31. The van der Waals surface area contributed by atoms with Gasteiger partial charge in [-0.1, -0.05) is 11.6 Å². The molecule has 4 heteroatoms. The summed E-state index contributed by atoms with van der Waals surface area (Å²) in [4.78, 5) is 1.12. The zero-order valence-corrected chi connectivity index (χ0v) is 9.97. The van der Waals surface area contributed by atoms with Crippen LogP contribution in [-0.2, 0) is 6.61 Å². The van der Waals surface area contributed by atoms with Crippen molar-refractivity contribution in [3.8, 4) is 0 Å². The molecule has 1 N–H and O–H groups in total. The second-order valence-electron chi connectivity index (χ2n) is 2.90. The molecule has 0 aliphatic rings. The van der Waals surface area contributed by atoms with E-state index in [0.717, 1.165) is 20.9 Å². The first-order valence-electron chi connectivity index (χ1n) is 4.10. The summed E-state index contributed by atoms with van der Waals surface area (Å²) in [7, 11) is 0. The largest absolute Gasteiger partial charge is 0.392 e. The van der Waals surface area contributed by atoms with Crippen molar-refractivity contribution in [1.82, 2.24) is 0 Å². The fraction of sp³-hybridized carbons (Fsp3) is 0.200. The average molecular weight is 245 g/mol. The van der Waals surface area contributed by atoms with Crippen LogP contribution in [0.1, 0.15) is 5.56 Å². The van der Waals surface area contributed by atoms with E-state index < -0.39 is 0 Å². The number of rotatable bonds is 2. The topological polar surface area (TPSA) is 20.2 Å². The van der Waals surface area contributed by atoms with E-state index in [9.17, 15) is 5.11 Å². The van der Waals surface area contributed by atoms with Crippen LogP contribution in [0, 0.1) is 0 Å². The van der Waals surface area contributed by atoms with Crippen LogP contribution in [0.4, 0.5) is 0 Å². The number of halogens is 1. The summed E-state index contributed by atoms with van der Waals surface area (Å²) in [6, 6.07) is 4.06.